The van der Waals surface area contributed by atoms with Gasteiger partial charge in [-0.25, -0.2) is 9.83 Å². The van der Waals surface area contributed by atoms with Gasteiger partial charge in [-0.2, -0.15) is 0 Å². The highest BCUT2D eigenvalue weighted by molar-refractivity contribution is 5.86. The summed E-state index contributed by atoms with van der Waals surface area (Å²) in [7, 11) is 2.08. The molecule has 0 aliphatic carbocycles. The lowest BCUT2D eigenvalue weighted by atomic mass is 10.0. The molecule has 3 aromatic carbocycles. The van der Waals surface area contributed by atoms with E-state index in [1.807, 2.05) is 48.8 Å². The topological polar surface area (TPSA) is 27.1 Å². The monoisotopic (exact) mass is 400 g/mol. The van der Waals surface area contributed by atoms with Crippen LogP contribution in [0.5, 0.6) is 0 Å². The summed E-state index contributed by atoms with van der Waals surface area (Å²) in [6.45, 7) is 7.37. The van der Waals surface area contributed by atoms with E-state index in [2.05, 4.69) is 80.7 Å². The van der Waals surface area contributed by atoms with E-state index in [9.17, 15) is 0 Å². The van der Waals surface area contributed by atoms with E-state index in [1.165, 1.54) is 0 Å². The molecule has 0 spiro atoms. The minimum absolute atomic E-state index is 0.603. The molecule has 0 bridgehead atoms. The molecule has 2 aromatic heterocycles. The van der Waals surface area contributed by atoms with Crippen LogP contribution in [-0.2, 0) is 7.05 Å². The highest BCUT2D eigenvalue weighted by Gasteiger charge is 2.21. The number of hydrogen-bond donors (Lipinski definition) is 0. The zero-order chi connectivity index (χ0) is 21.2. The summed E-state index contributed by atoms with van der Waals surface area (Å²) < 4.78 is 4.31. The Hall–Kier alpha value is -4.36. The molecule has 31 heavy (non-hydrogen) atoms. The molecule has 5 aromatic rings. The third-order valence-electron chi connectivity index (χ3n) is 5.40. The smallest absolute Gasteiger partial charge is 0.187 e. The predicted molar refractivity (Wildman–Crippen MR) is 125 cm³/mol. The second-order valence-electron chi connectivity index (χ2n) is 7.37. The number of rotatable bonds is 4. The van der Waals surface area contributed by atoms with Gasteiger partial charge in [0, 0.05) is 42.3 Å². The minimum Gasteiger partial charge on any atom is -0.348 e. The lowest BCUT2D eigenvalue weighted by Crippen LogP contribution is -2.00. The predicted octanol–water partition coefficient (Wildman–Crippen LogP) is 6.76. The van der Waals surface area contributed by atoms with Crippen molar-refractivity contribution in [3.8, 4) is 39.5 Å². The average molecular weight is 400 g/mol. The highest BCUT2D eigenvalue weighted by Crippen LogP contribution is 2.39. The molecule has 0 aliphatic heterocycles. The highest BCUT2D eigenvalue weighted by atomic mass is 15.1. The summed E-state index contributed by atoms with van der Waals surface area (Å²) in [5.41, 5.74) is 7.11. The third kappa shape index (κ3) is 3.33. The van der Waals surface area contributed by atoms with Crippen LogP contribution in [0, 0.1) is 6.57 Å². The standard InChI is InChI=1S/C27H20N4/c1-28-23-15-9-14-22(18-23)27-29-16-17-31(27)26-24(20-10-5-3-6-11-20)19-30(2)25(26)21-12-7-4-8-13-21/h3-19H,2H3. The number of nitrogens with zero attached hydrogens (tertiary/aromatic N) is 4. The van der Waals surface area contributed by atoms with Crippen molar-refractivity contribution in [1.82, 2.24) is 14.1 Å². The molecule has 0 aliphatic rings. The van der Waals surface area contributed by atoms with Gasteiger partial charge in [0.2, 0.25) is 0 Å². The van der Waals surface area contributed by atoms with E-state index >= 15 is 0 Å². The second kappa shape index (κ2) is 7.81. The summed E-state index contributed by atoms with van der Waals surface area (Å²) in [6.07, 6.45) is 5.98. The van der Waals surface area contributed by atoms with Crippen molar-refractivity contribution in [2.75, 3.05) is 0 Å². The van der Waals surface area contributed by atoms with Crippen LogP contribution in [0.15, 0.2) is 104 Å². The first-order valence-corrected chi connectivity index (χ1v) is 10.1. The molecule has 4 heteroatoms. The van der Waals surface area contributed by atoms with E-state index in [0.717, 1.165) is 39.5 Å². The Kier molecular flexibility index (Phi) is 4.70. The number of aryl methyl sites for hydroxylation is 1. The van der Waals surface area contributed by atoms with Crippen LogP contribution >= 0.6 is 0 Å². The van der Waals surface area contributed by atoms with E-state index in [1.54, 1.807) is 0 Å². The first kappa shape index (κ1) is 18.7. The van der Waals surface area contributed by atoms with Crippen molar-refractivity contribution in [3.63, 3.8) is 0 Å². The lowest BCUT2D eigenvalue weighted by Gasteiger charge is -2.14. The van der Waals surface area contributed by atoms with Crippen molar-refractivity contribution in [2.24, 2.45) is 7.05 Å². The Morgan fingerprint density at radius 2 is 1.48 bits per heavy atom. The number of hydrogen-bond acceptors (Lipinski definition) is 1. The van der Waals surface area contributed by atoms with Gasteiger partial charge in [0.15, 0.2) is 5.69 Å². The maximum absolute atomic E-state index is 7.37. The van der Waals surface area contributed by atoms with Crippen LogP contribution in [0.25, 0.3) is 44.3 Å². The largest absolute Gasteiger partial charge is 0.348 e. The van der Waals surface area contributed by atoms with Gasteiger partial charge in [-0.05, 0) is 11.6 Å². The first-order valence-electron chi connectivity index (χ1n) is 10.1. The van der Waals surface area contributed by atoms with Gasteiger partial charge in [0.1, 0.15) is 5.82 Å². The molecule has 148 valence electrons. The van der Waals surface area contributed by atoms with E-state index in [4.69, 9.17) is 6.57 Å². The van der Waals surface area contributed by atoms with Crippen LogP contribution < -0.4 is 0 Å². The molecular weight excluding hydrogens is 380 g/mol. The maximum atomic E-state index is 7.37. The van der Waals surface area contributed by atoms with E-state index < -0.39 is 0 Å². The van der Waals surface area contributed by atoms with Gasteiger partial charge < -0.3 is 4.57 Å². The van der Waals surface area contributed by atoms with E-state index in [0.29, 0.717) is 5.69 Å². The van der Waals surface area contributed by atoms with Crippen LogP contribution in [0.2, 0.25) is 0 Å². The molecule has 4 nitrogen and oxygen atoms in total. The molecular formula is C27H20N4. The molecule has 0 saturated heterocycles. The van der Waals surface area contributed by atoms with Gasteiger partial charge in [0.05, 0.1) is 18.0 Å². The van der Waals surface area contributed by atoms with Gasteiger partial charge in [-0.15, -0.1) is 0 Å². The zero-order valence-corrected chi connectivity index (χ0v) is 17.1. The fourth-order valence-electron chi connectivity index (χ4n) is 4.04. The normalized spacial score (nSPS) is 10.7. The molecule has 2 heterocycles. The Balaban J connectivity index is 1.80. The second-order valence-corrected chi connectivity index (χ2v) is 7.37. The molecule has 0 saturated carbocycles. The first-order chi connectivity index (χ1) is 15.3. The van der Waals surface area contributed by atoms with Crippen molar-refractivity contribution < 1.29 is 0 Å². The third-order valence-corrected chi connectivity index (χ3v) is 5.40. The van der Waals surface area contributed by atoms with Crippen LogP contribution in [0.4, 0.5) is 5.69 Å². The van der Waals surface area contributed by atoms with E-state index in [-0.39, 0.29) is 0 Å². The van der Waals surface area contributed by atoms with Crippen LogP contribution in [0.1, 0.15) is 0 Å². The molecule has 0 amide bonds. The lowest BCUT2D eigenvalue weighted by molar-refractivity contribution is 0.929. The Bertz CT molecular complexity index is 1390. The molecule has 5 rings (SSSR count). The number of benzene rings is 3. The maximum Gasteiger partial charge on any atom is 0.187 e. The van der Waals surface area contributed by atoms with Gasteiger partial charge in [0.25, 0.3) is 0 Å². The summed E-state index contributed by atoms with van der Waals surface area (Å²) >= 11 is 0. The molecule has 0 atom stereocenters. The summed E-state index contributed by atoms with van der Waals surface area (Å²) in [6, 6.07) is 28.4. The van der Waals surface area contributed by atoms with Crippen molar-refractivity contribution in [2.45, 2.75) is 0 Å². The zero-order valence-electron chi connectivity index (χ0n) is 17.1. The Morgan fingerprint density at radius 3 is 2.19 bits per heavy atom. The minimum atomic E-state index is 0.603. The fraction of sp³-hybridized carbons (Fsp3) is 0.0370. The van der Waals surface area contributed by atoms with Gasteiger partial charge >= 0.3 is 0 Å². The van der Waals surface area contributed by atoms with Crippen molar-refractivity contribution >= 4 is 5.69 Å². The molecule has 0 unspecified atom stereocenters. The number of imidazole rings is 1. The summed E-state index contributed by atoms with van der Waals surface area (Å²) in [5, 5.41) is 0. The van der Waals surface area contributed by atoms with Gasteiger partial charge in [-0.3, -0.25) is 4.57 Å². The Labute approximate surface area is 181 Å². The Morgan fingerprint density at radius 1 is 0.806 bits per heavy atom. The van der Waals surface area contributed by atoms with Crippen molar-refractivity contribution in [3.05, 3.63) is 115 Å². The van der Waals surface area contributed by atoms with Gasteiger partial charge in [-0.1, -0.05) is 78.9 Å². The number of aromatic nitrogens is 3. The summed E-state index contributed by atoms with van der Waals surface area (Å²) in [5.74, 6) is 0.811. The van der Waals surface area contributed by atoms with Crippen LogP contribution in [-0.4, -0.2) is 14.1 Å². The molecule has 0 fully saturated rings. The average Bonchev–Trinajstić information content (AvgIpc) is 3.44. The quantitative estimate of drug-likeness (QED) is 0.306. The summed E-state index contributed by atoms with van der Waals surface area (Å²) in [4.78, 5) is 8.25. The fourth-order valence-corrected chi connectivity index (χ4v) is 4.04. The SMILES string of the molecule is [C-]#[N+]c1cccc(-c2nccn2-c2c(-c3ccccc3)cn(C)c2-c2ccccc2)c1. The molecule has 0 N–H and O–H groups in total. The molecule has 0 radical (unpaired) electrons. The van der Waals surface area contributed by atoms with Crippen LogP contribution in [0.3, 0.4) is 0 Å². The van der Waals surface area contributed by atoms with Crippen molar-refractivity contribution in [1.29, 1.82) is 0 Å².